The molecule has 0 saturated carbocycles. The fourth-order valence-electron chi connectivity index (χ4n) is 1.65. The van der Waals surface area contributed by atoms with Gasteiger partial charge >= 0.3 is 16.1 Å². The van der Waals surface area contributed by atoms with Crippen molar-refractivity contribution in [1.82, 2.24) is 0 Å². The summed E-state index contributed by atoms with van der Waals surface area (Å²) in [5, 5.41) is 12.4. The molecule has 0 saturated heterocycles. The van der Waals surface area contributed by atoms with E-state index in [1.165, 1.54) is 24.3 Å². The summed E-state index contributed by atoms with van der Waals surface area (Å²) < 4.78 is 28.5. The number of benzene rings is 2. The normalized spacial score (nSPS) is 12.0. The van der Waals surface area contributed by atoms with Gasteiger partial charge in [0.2, 0.25) is 0 Å². The fourth-order valence-corrected chi connectivity index (χ4v) is 2.37. The zero-order valence-electron chi connectivity index (χ0n) is 11.6. The van der Waals surface area contributed by atoms with Crippen LogP contribution in [-0.4, -0.2) is 25.2 Å². The molecule has 0 radical (unpaired) electrons. The first-order valence-corrected chi connectivity index (χ1v) is 7.68. The van der Waals surface area contributed by atoms with Gasteiger partial charge in [-0.25, -0.2) is 4.79 Å². The number of carbonyl (C=O) groups is 1. The van der Waals surface area contributed by atoms with Crippen molar-refractivity contribution in [3.63, 3.8) is 0 Å². The first-order chi connectivity index (χ1) is 10.4. The van der Waals surface area contributed by atoms with Gasteiger partial charge in [0.25, 0.3) is 0 Å². The Morgan fingerprint density at radius 2 is 1.64 bits per heavy atom. The topological polar surface area (TPSA) is 93.0 Å². The van der Waals surface area contributed by atoms with Gasteiger partial charge in [-0.3, -0.25) is 4.28 Å². The Bertz CT molecular complexity index is 796. The number of nitrogens with zero attached hydrogens (tertiary/aromatic N) is 1. The molecule has 0 aromatic heterocycles. The third kappa shape index (κ3) is 3.70. The van der Waals surface area contributed by atoms with Gasteiger partial charge in [-0.05, 0) is 19.1 Å². The van der Waals surface area contributed by atoms with E-state index in [9.17, 15) is 13.2 Å². The molecule has 0 unspecified atom stereocenters. The van der Waals surface area contributed by atoms with Gasteiger partial charge in [-0.2, -0.15) is 8.42 Å². The maximum Gasteiger partial charge on any atom is 0.358 e. The van der Waals surface area contributed by atoms with Crippen molar-refractivity contribution in [3.05, 3.63) is 65.7 Å². The van der Waals surface area contributed by atoms with E-state index in [2.05, 4.69) is 9.44 Å². The minimum atomic E-state index is -4.16. The van der Waals surface area contributed by atoms with Crippen LogP contribution in [0.25, 0.3) is 0 Å². The molecule has 2 rings (SSSR count). The van der Waals surface area contributed by atoms with Crippen LogP contribution >= 0.6 is 0 Å². The van der Waals surface area contributed by atoms with Crippen LogP contribution in [0.15, 0.2) is 64.6 Å². The number of aliphatic carboxylic acids is 1. The Balaban J connectivity index is 2.31. The van der Waals surface area contributed by atoms with Crippen molar-refractivity contribution in [2.75, 3.05) is 0 Å². The minimum Gasteiger partial charge on any atom is -0.476 e. The predicted molar refractivity (Wildman–Crippen MR) is 80.1 cm³/mol. The standard InChI is InChI=1S/C15H13NO5S/c1-11-7-9-13(10-8-11)22(19,20)21-16-14(15(17)18)12-5-3-2-4-6-12/h2-10H,1H3,(H,17,18). The summed E-state index contributed by atoms with van der Waals surface area (Å²) in [6, 6.07) is 13.9. The van der Waals surface area contributed by atoms with E-state index in [-0.39, 0.29) is 10.5 Å². The minimum absolute atomic E-state index is 0.0975. The molecule has 0 fully saturated rings. The molecule has 0 atom stereocenters. The van der Waals surface area contributed by atoms with E-state index >= 15 is 0 Å². The van der Waals surface area contributed by atoms with E-state index in [1.807, 2.05) is 6.92 Å². The molecule has 2 aromatic carbocycles. The average Bonchev–Trinajstić information content (AvgIpc) is 2.48. The second kappa shape index (κ2) is 6.40. The molecule has 0 aliphatic carbocycles. The van der Waals surface area contributed by atoms with E-state index in [1.54, 1.807) is 30.3 Å². The van der Waals surface area contributed by atoms with Crippen LogP contribution in [0.4, 0.5) is 0 Å². The summed E-state index contributed by atoms with van der Waals surface area (Å²) in [5.74, 6) is -1.38. The summed E-state index contributed by atoms with van der Waals surface area (Å²) in [6.45, 7) is 1.81. The number of hydrogen-bond acceptors (Lipinski definition) is 5. The molecule has 7 heteroatoms. The van der Waals surface area contributed by atoms with Gasteiger partial charge in [0.05, 0.1) is 0 Å². The van der Waals surface area contributed by atoms with Crippen LogP contribution in [0.5, 0.6) is 0 Å². The van der Waals surface area contributed by atoms with Crippen LogP contribution in [0, 0.1) is 6.92 Å². The lowest BCUT2D eigenvalue weighted by atomic mass is 10.1. The van der Waals surface area contributed by atoms with Crippen molar-refractivity contribution in [2.24, 2.45) is 5.16 Å². The van der Waals surface area contributed by atoms with Gasteiger partial charge in [0.15, 0.2) is 5.71 Å². The zero-order chi connectivity index (χ0) is 16.2. The maximum atomic E-state index is 12.0. The zero-order valence-corrected chi connectivity index (χ0v) is 12.4. The highest BCUT2D eigenvalue weighted by atomic mass is 32.2. The highest BCUT2D eigenvalue weighted by molar-refractivity contribution is 7.86. The number of rotatable bonds is 5. The predicted octanol–water partition coefficient (Wildman–Crippen LogP) is 2.19. The summed E-state index contributed by atoms with van der Waals surface area (Å²) in [6.07, 6.45) is 0. The fraction of sp³-hybridized carbons (Fsp3) is 0.0667. The smallest absolute Gasteiger partial charge is 0.358 e. The van der Waals surface area contributed by atoms with Gasteiger partial charge in [0, 0.05) is 5.56 Å². The Hall–Kier alpha value is -2.67. The monoisotopic (exact) mass is 319 g/mol. The van der Waals surface area contributed by atoms with E-state index in [4.69, 9.17) is 5.11 Å². The molecule has 0 aliphatic rings. The number of oxime groups is 1. The lowest BCUT2D eigenvalue weighted by molar-refractivity contribution is -0.129. The first kappa shape index (κ1) is 15.7. The van der Waals surface area contributed by atoms with E-state index in [0.29, 0.717) is 0 Å². The third-order valence-electron chi connectivity index (χ3n) is 2.79. The lowest BCUT2D eigenvalue weighted by Gasteiger charge is -2.04. The SMILES string of the molecule is Cc1ccc(S(=O)(=O)ON=C(C(=O)O)c2ccccc2)cc1. The molecular weight excluding hydrogens is 306 g/mol. The Labute approximate surface area is 127 Å². The summed E-state index contributed by atoms with van der Waals surface area (Å²) in [5.41, 5.74) is 0.642. The molecule has 0 heterocycles. The van der Waals surface area contributed by atoms with Crippen LogP contribution in [-0.2, 0) is 19.2 Å². The molecular formula is C15H13NO5S. The number of carboxylic acids is 1. The second-order valence-corrected chi connectivity index (χ2v) is 5.98. The number of carboxylic acid groups (broad SMARTS) is 1. The second-order valence-electron chi connectivity index (χ2n) is 4.45. The van der Waals surface area contributed by atoms with Crippen LogP contribution < -0.4 is 0 Å². The molecule has 2 aromatic rings. The van der Waals surface area contributed by atoms with Crippen LogP contribution in [0.3, 0.4) is 0 Å². The molecule has 22 heavy (non-hydrogen) atoms. The van der Waals surface area contributed by atoms with Crippen molar-refractivity contribution in [1.29, 1.82) is 0 Å². The van der Waals surface area contributed by atoms with Crippen molar-refractivity contribution >= 4 is 21.8 Å². The quantitative estimate of drug-likeness (QED) is 0.673. The molecule has 114 valence electrons. The number of aryl methyl sites for hydroxylation is 1. The van der Waals surface area contributed by atoms with Crippen molar-refractivity contribution in [2.45, 2.75) is 11.8 Å². The molecule has 0 aliphatic heterocycles. The molecule has 0 amide bonds. The van der Waals surface area contributed by atoms with Gasteiger partial charge in [-0.1, -0.05) is 53.2 Å². The van der Waals surface area contributed by atoms with Crippen molar-refractivity contribution in [3.8, 4) is 0 Å². The molecule has 0 spiro atoms. The lowest BCUT2D eigenvalue weighted by Crippen LogP contribution is -2.16. The summed E-state index contributed by atoms with van der Waals surface area (Å²) >= 11 is 0. The highest BCUT2D eigenvalue weighted by Crippen LogP contribution is 2.14. The van der Waals surface area contributed by atoms with Gasteiger partial charge in [0.1, 0.15) is 4.90 Å². The average molecular weight is 319 g/mol. The molecule has 0 bridgehead atoms. The molecule has 6 nitrogen and oxygen atoms in total. The Morgan fingerprint density at radius 3 is 2.18 bits per heavy atom. The molecule has 1 N–H and O–H groups in total. The maximum absolute atomic E-state index is 12.0. The largest absolute Gasteiger partial charge is 0.476 e. The van der Waals surface area contributed by atoms with Crippen LogP contribution in [0.2, 0.25) is 0 Å². The van der Waals surface area contributed by atoms with Crippen molar-refractivity contribution < 1.29 is 22.6 Å². The summed E-state index contributed by atoms with van der Waals surface area (Å²) in [4.78, 5) is 11.1. The Morgan fingerprint density at radius 1 is 1.05 bits per heavy atom. The highest BCUT2D eigenvalue weighted by Gasteiger charge is 2.19. The first-order valence-electron chi connectivity index (χ1n) is 6.27. The summed E-state index contributed by atoms with van der Waals surface area (Å²) in [7, 11) is -4.16. The van der Waals surface area contributed by atoms with Gasteiger partial charge < -0.3 is 5.11 Å². The van der Waals surface area contributed by atoms with Crippen LogP contribution in [0.1, 0.15) is 11.1 Å². The number of hydrogen-bond donors (Lipinski definition) is 1. The van der Waals surface area contributed by atoms with E-state index < -0.39 is 21.8 Å². The van der Waals surface area contributed by atoms with E-state index in [0.717, 1.165) is 5.56 Å². The van der Waals surface area contributed by atoms with Gasteiger partial charge in [-0.15, -0.1) is 0 Å². The third-order valence-corrected chi connectivity index (χ3v) is 3.91. The Kier molecular flexibility index (Phi) is 4.57.